The van der Waals surface area contributed by atoms with Gasteiger partial charge in [-0.05, 0) is 6.92 Å². The number of amides is 1. The summed E-state index contributed by atoms with van der Waals surface area (Å²) in [5, 5.41) is 3.32. The second kappa shape index (κ2) is 5.99. The van der Waals surface area contributed by atoms with Crippen molar-refractivity contribution in [1.29, 1.82) is 0 Å². The third kappa shape index (κ3) is 4.78. The molecule has 0 unspecified atom stereocenters. The first-order chi connectivity index (χ1) is 6.11. The molecule has 0 heterocycles. The highest BCUT2D eigenvalue weighted by atomic mass is 16.6. The minimum absolute atomic E-state index is 0.128. The van der Waals surface area contributed by atoms with Gasteiger partial charge in [0.1, 0.15) is 7.11 Å². The lowest BCUT2D eigenvalue weighted by Crippen LogP contribution is -2.24. The summed E-state index contributed by atoms with van der Waals surface area (Å²) in [7, 11) is 1.26. The number of carbonyl (C=O) groups is 2. The molecule has 0 aromatic carbocycles. The Hall–Kier alpha value is -1.59. The lowest BCUT2D eigenvalue weighted by Gasteiger charge is -2.02. The number of ether oxygens (including phenoxy) is 1. The van der Waals surface area contributed by atoms with E-state index in [2.05, 4.69) is 14.7 Å². The Kier molecular flexibility index (Phi) is 5.25. The van der Waals surface area contributed by atoms with Gasteiger partial charge < -0.3 is 15.3 Å². The fourth-order valence-electron chi connectivity index (χ4n) is 0.631. The van der Waals surface area contributed by atoms with Gasteiger partial charge in [0, 0.05) is 0 Å². The van der Waals surface area contributed by atoms with Gasteiger partial charge in [-0.3, -0.25) is 4.79 Å². The lowest BCUT2D eigenvalue weighted by atomic mass is 10.2. The largest absolute Gasteiger partial charge is 0.461 e. The van der Waals surface area contributed by atoms with Crippen LogP contribution >= 0.6 is 0 Å². The maximum Gasteiger partial charge on any atom is 0.356 e. The zero-order valence-corrected chi connectivity index (χ0v) is 7.57. The maximum absolute atomic E-state index is 11.0. The van der Waals surface area contributed by atoms with Crippen LogP contribution in [0.25, 0.3) is 0 Å². The Morgan fingerprint density at radius 1 is 1.46 bits per heavy atom. The number of nitrogens with zero attached hydrogens (tertiary/aromatic N) is 1. The highest BCUT2D eigenvalue weighted by Gasteiger charge is 2.15. The normalized spacial score (nSPS) is 10.8. The number of esters is 1. The molecule has 0 aliphatic heterocycles. The summed E-state index contributed by atoms with van der Waals surface area (Å²) in [4.78, 5) is 25.9. The monoisotopic (exact) mass is 188 g/mol. The van der Waals surface area contributed by atoms with E-state index in [1.165, 1.54) is 7.11 Å². The molecule has 0 bridgehead atoms. The van der Waals surface area contributed by atoms with E-state index in [0.29, 0.717) is 0 Å². The summed E-state index contributed by atoms with van der Waals surface area (Å²) < 4.78 is 4.60. The molecule has 0 aliphatic rings. The number of nitrogens with two attached hydrogens (primary N) is 1. The summed E-state index contributed by atoms with van der Waals surface area (Å²) in [5.74, 6) is -1.35. The number of hydrogen-bond acceptors (Lipinski definition) is 5. The minimum Gasteiger partial charge on any atom is -0.461 e. The van der Waals surface area contributed by atoms with Crippen LogP contribution in [0.5, 0.6) is 0 Å². The van der Waals surface area contributed by atoms with Crippen LogP contribution in [-0.4, -0.2) is 31.3 Å². The molecule has 1 amide bonds. The van der Waals surface area contributed by atoms with Crippen molar-refractivity contribution in [3.05, 3.63) is 0 Å². The fourth-order valence-corrected chi connectivity index (χ4v) is 0.631. The van der Waals surface area contributed by atoms with Gasteiger partial charge in [-0.15, -0.1) is 0 Å². The zero-order chi connectivity index (χ0) is 10.3. The molecule has 0 aromatic heterocycles. The number of carbonyl (C=O) groups excluding carboxylic acids is 2. The van der Waals surface area contributed by atoms with Crippen molar-refractivity contribution in [2.45, 2.75) is 13.3 Å². The SMILES string of the molecule is CCOC(=O)/C(CC(N)=O)=N\OC. The molecular weight excluding hydrogens is 176 g/mol. The Morgan fingerprint density at radius 3 is 2.46 bits per heavy atom. The molecule has 0 radical (unpaired) electrons. The number of oxime groups is 1. The van der Waals surface area contributed by atoms with Crippen molar-refractivity contribution < 1.29 is 19.2 Å². The van der Waals surface area contributed by atoms with Crippen LogP contribution in [0.15, 0.2) is 5.16 Å². The summed E-state index contributed by atoms with van der Waals surface area (Å²) in [6.45, 7) is 1.85. The predicted molar refractivity (Wildman–Crippen MR) is 44.9 cm³/mol. The number of rotatable bonds is 5. The standard InChI is InChI=1S/C7H12N2O4/c1-3-13-7(11)5(9-12-2)4-6(8)10/h3-4H2,1-2H3,(H2,8,10)/b9-5-. The van der Waals surface area contributed by atoms with Crippen LogP contribution in [0.1, 0.15) is 13.3 Å². The second-order valence-corrected chi connectivity index (χ2v) is 2.08. The van der Waals surface area contributed by atoms with E-state index in [1.807, 2.05) is 0 Å². The topological polar surface area (TPSA) is 91.0 Å². The van der Waals surface area contributed by atoms with Gasteiger partial charge in [0.15, 0.2) is 5.71 Å². The van der Waals surface area contributed by atoms with Gasteiger partial charge in [0.05, 0.1) is 13.0 Å². The van der Waals surface area contributed by atoms with Gasteiger partial charge in [0.25, 0.3) is 0 Å². The van der Waals surface area contributed by atoms with Crippen LogP contribution in [0.4, 0.5) is 0 Å². The number of hydrogen-bond donors (Lipinski definition) is 1. The molecule has 2 N–H and O–H groups in total. The molecule has 6 nitrogen and oxygen atoms in total. The third-order valence-corrected chi connectivity index (χ3v) is 1.05. The van der Waals surface area contributed by atoms with Crippen LogP contribution in [0.3, 0.4) is 0 Å². The van der Waals surface area contributed by atoms with Crippen molar-refractivity contribution in [2.24, 2.45) is 10.9 Å². The van der Waals surface area contributed by atoms with Crippen LogP contribution in [-0.2, 0) is 19.2 Å². The predicted octanol–water partition coefficient (Wildman–Crippen LogP) is -0.573. The van der Waals surface area contributed by atoms with Gasteiger partial charge in [-0.2, -0.15) is 0 Å². The average molecular weight is 188 g/mol. The van der Waals surface area contributed by atoms with Crippen molar-refractivity contribution in [3.8, 4) is 0 Å². The van der Waals surface area contributed by atoms with E-state index in [4.69, 9.17) is 5.73 Å². The maximum atomic E-state index is 11.0. The van der Waals surface area contributed by atoms with Gasteiger partial charge in [0.2, 0.25) is 5.91 Å². The first-order valence-electron chi connectivity index (χ1n) is 3.67. The van der Waals surface area contributed by atoms with E-state index in [1.54, 1.807) is 6.92 Å². The molecule has 0 saturated heterocycles. The first kappa shape index (κ1) is 11.4. The van der Waals surface area contributed by atoms with E-state index in [0.717, 1.165) is 0 Å². The minimum atomic E-state index is -0.692. The third-order valence-electron chi connectivity index (χ3n) is 1.05. The molecule has 13 heavy (non-hydrogen) atoms. The van der Waals surface area contributed by atoms with Gasteiger partial charge >= 0.3 is 5.97 Å². The van der Waals surface area contributed by atoms with Crippen molar-refractivity contribution in [1.82, 2.24) is 0 Å². The average Bonchev–Trinajstić information content (AvgIpc) is 2.03. The summed E-state index contributed by atoms with van der Waals surface area (Å²) in [6.07, 6.45) is -0.285. The summed E-state index contributed by atoms with van der Waals surface area (Å²) >= 11 is 0. The molecule has 0 saturated carbocycles. The zero-order valence-electron chi connectivity index (χ0n) is 7.57. The van der Waals surface area contributed by atoms with Crippen LogP contribution in [0, 0.1) is 0 Å². The first-order valence-corrected chi connectivity index (χ1v) is 3.67. The summed E-state index contributed by atoms with van der Waals surface area (Å²) in [5.41, 5.74) is 4.75. The van der Waals surface area contributed by atoms with Gasteiger partial charge in [-0.25, -0.2) is 4.79 Å². The quantitative estimate of drug-likeness (QED) is 0.355. The smallest absolute Gasteiger partial charge is 0.356 e. The van der Waals surface area contributed by atoms with Crippen molar-refractivity contribution in [3.63, 3.8) is 0 Å². The van der Waals surface area contributed by atoms with Crippen LogP contribution in [0.2, 0.25) is 0 Å². The fraction of sp³-hybridized carbons (Fsp3) is 0.571. The molecule has 0 atom stereocenters. The number of primary amides is 1. The van der Waals surface area contributed by atoms with E-state index >= 15 is 0 Å². The molecule has 74 valence electrons. The molecule has 0 spiro atoms. The second-order valence-electron chi connectivity index (χ2n) is 2.08. The van der Waals surface area contributed by atoms with E-state index < -0.39 is 11.9 Å². The highest BCUT2D eigenvalue weighted by Crippen LogP contribution is 1.92. The molecule has 0 rings (SSSR count). The molecule has 0 aliphatic carbocycles. The summed E-state index contributed by atoms with van der Waals surface area (Å²) in [6, 6.07) is 0. The molecule has 0 aromatic rings. The van der Waals surface area contributed by atoms with Crippen molar-refractivity contribution >= 4 is 17.6 Å². The Morgan fingerprint density at radius 2 is 2.08 bits per heavy atom. The van der Waals surface area contributed by atoms with Crippen LogP contribution < -0.4 is 5.73 Å². The molecular formula is C7H12N2O4. The molecule has 6 heteroatoms. The van der Waals surface area contributed by atoms with E-state index in [9.17, 15) is 9.59 Å². The van der Waals surface area contributed by atoms with Crippen molar-refractivity contribution in [2.75, 3.05) is 13.7 Å². The lowest BCUT2D eigenvalue weighted by molar-refractivity contribution is -0.135. The Bertz CT molecular complexity index is 225. The molecule has 0 fully saturated rings. The Balaban J connectivity index is 4.33. The highest BCUT2D eigenvalue weighted by molar-refractivity contribution is 6.39. The van der Waals surface area contributed by atoms with E-state index in [-0.39, 0.29) is 18.7 Å². The Labute approximate surface area is 75.7 Å². The van der Waals surface area contributed by atoms with Gasteiger partial charge in [-0.1, -0.05) is 5.16 Å².